The first-order chi connectivity index (χ1) is 12.8. The second-order valence-electron chi connectivity index (χ2n) is 5.34. The molecule has 0 saturated carbocycles. The lowest BCUT2D eigenvalue weighted by Gasteiger charge is -2.17. The van der Waals surface area contributed by atoms with Crippen molar-refractivity contribution < 1.29 is 27.2 Å². The van der Waals surface area contributed by atoms with E-state index in [2.05, 4.69) is 4.98 Å². The zero-order chi connectivity index (χ0) is 19.6. The van der Waals surface area contributed by atoms with Gasteiger partial charge in [0.1, 0.15) is 0 Å². The molecule has 2 N–H and O–H groups in total. The van der Waals surface area contributed by atoms with Gasteiger partial charge in [-0.2, -0.15) is 0 Å². The fourth-order valence-electron chi connectivity index (χ4n) is 2.25. The average molecular weight is 409 g/mol. The minimum absolute atomic E-state index is 0.340. The van der Waals surface area contributed by atoms with Gasteiger partial charge in [0.05, 0.1) is 10.2 Å². The van der Waals surface area contributed by atoms with Gasteiger partial charge in [-0.25, -0.2) is 23.3 Å². The molecule has 142 valence electrons. The van der Waals surface area contributed by atoms with Crippen molar-refractivity contribution in [2.24, 2.45) is 5.14 Å². The van der Waals surface area contributed by atoms with Gasteiger partial charge >= 0.3 is 5.97 Å². The molecule has 0 unspecified atom stereocenters. The summed E-state index contributed by atoms with van der Waals surface area (Å²) >= 11 is 1.35. The maximum absolute atomic E-state index is 12.4. The number of anilines is 1. The molecule has 3 rings (SSSR count). The van der Waals surface area contributed by atoms with Crippen LogP contribution in [-0.2, 0) is 19.6 Å². The number of esters is 1. The second kappa shape index (κ2) is 7.47. The first kappa shape index (κ1) is 19.0. The third-order valence-electron chi connectivity index (χ3n) is 3.52. The van der Waals surface area contributed by atoms with Crippen molar-refractivity contribution >= 4 is 48.6 Å². The summed E-state index contributed by atoms with van der Waals surface area (Å²) in [5.74, 6) is -1.81. The molecule has 0 atom stereocenters. The number of nitrogens with two attached hydrogens (primary N) is 1. The molecule has 0 fully saturated rings. The number of hydrogen-bond donors (Lipinski definition) is 1. The monoisotopic (exact) mass is 409 g/mol. The number of furan rings is 1. The Morgan fingerprint density at radius 3 is 2.63 bits per heavy atom. The number of hydrogen-bond acceptors (Lipinski definition) is 8. The Labute approximate surface area is 158 Å². The molecule has 0 spiro atoms. The third kappa shape index (κ3) is 4.15. The van der Waals surface area contributed by atoms with E-state index in [1.54, 1.807) is 6.92 Å². The van der Waals surface area contributed by atoms with Gasteiger partial charge in [0, 0.05) is 6.54 Å². The van der Waals surface area contributed by atoms with Gasteiger partial charge in [-0.15, -0.1) is 0 Å². The molecule has 9 nitrogen and oxygen atoms in total. The average Bonchev–Trinajstić information content (AvgIpc) is 3.27. The van der Waals surface area contributed by atoms with Gasteiger partial charge < -0.3 is 9.15 Å². The molecular formula is C16H15N3O6S2. The van der Waals surface area contributed by atoms with Crippen LogP contribution in [0.2, 0.25) is 0 Å². The highest BCUT2D eigenvalue weighted by atomic mass is 32.2. The van der Waals surface area contributed by atoms with E-state index < -0.39 is 33.6 Å². The molecule has 0 radical (unpaired) electrons. The molecule has 0 aliphatic carbocycles. The Morgan fingerprint density at radius 1 is 1.26 bits per heavy atom. The highest BCUT2D eigenvalue weighted by Crippen LogP contribution is 2.28. The zero-order valence-corrected chi connectivity index (χ0v) is 15.7. The predicted octanol–water partition coefficient (Wildman–Crippen LogP) is 1.75. The Morgan fingerprint density at radius 2 is 2.00 bits per heavy atom. The van der Waals surface area contributed by atoms with Crippen molar-refractivity contribution in [1.29, 1.82) is 0 Å². The lowest BCUT2D eigenvalue weighted by Crippen LogP contribution is -2.34. The lowest BCUT2D eigenvalue weighted by molar-refractivity contribution is -0.121. The number of nitrogens with zero attached hydrogens (tertiary/aromatic N) is 2. The molecule has 1 aromatic carbocycles. The minimum Gasteiger partial charge on any atom is -0.450 e. The number of carbonyl (C=O) groups is 2. The normalized spacial score (nSPS) is 11.5. The van der Waals surface area contributed by atoms with E-state index in [0.717, 1.165) is 22.3 Å². The van der Waals surface area contributed by atoms with Crippen LogP contribution >= 0.6 is 11.3 Å². The van der Waals surface area contributed by atoms with Crippen molar-refractivity contribution in [1.82, 2.24) is 4.98 Å². The predicted molar refractivity (Wildman–Crippen MR) is 98.0 cm³/mol. The van der Waals surface area contributed by atoms with Gasteiger partial charge in [-0.05, 0) is 31.2 Å². The Bertz CT molecular complexity index is 1070. The Balaban J connectivity index is 1.68. The van der Waals surface area contributed by atoms with Crippen LogP contribution in [0.15, 0.2) is 45.9 Å². The first-order valence-corrected chi connectivity index (χ1v) is 10.1. The molecule has 0 aliphatic rings. The van der Waals surface area contributed by atoms with E-state index in [0.29, 0.717) is 11.7 Å². The van der Waals surface area contributed by atoms with Gasteiger partial charge in [0.25, 0.3) is 15.9 Å². The zero-order valence-electron chi connectivity index (χ0n) is 14.1. The summed E-state index contributed by atoms with van der Waals surface area (Å²) < 4.78 is 33.0. The summed E-state index contributed by atoms with van der Waals surface area (Å²) in [6.07, 6.45) is 0. The maximum atomic E-state index is 12.4. The van der Waals surface area contributed by atoms with E-state index in [1.165, 1.54) is 16.2 Å². The maximum Gasteiger partial charge on any atom is 0.374 e. The molecule has 0 bridgehead atoms. The van der Waals surface area contributed by atoms with Crippen LogP contribution in [0, 0.1) is 0 Å². The number of amides is 1. The van der Waals surface area contributed by atoms with Crippen LogP contribution < -0.4 is 10.0 Å². The number of sulfonamides is 1. The number of para-hydroxylation sites is 1. The number of ether oxygens (including phenoxy) is 1. The highest BCUT2D eigenvalue weighted by Gasteiger charge is 2.22. The SMILES string of the molecule is CCN(C(=O)COC(=O)c1ccc(S(N)(=O)=O)o1)c1nc2ccccc2s1. The van der Waals surface area contributed by atoms with E-state index in [-0.39, 0.29) is 5.76 Å². The largest absolute Gasteiger partial charge is 0.450 e. The standard InChI is InChI=1S/C16H15N3O6S2/c1-2-19(16-18-10-5-3-4-6-12(10)26-16)13(20)9-24-15(21)11-7-8-14(25-11)27(17,22)23/h3-8H,2,9H2,1H3,(H2,17,22,23). The summed E-state index contributed by atoms with van der Waals surface area (Å²) in [5, 5.41) is 4.84. The van der Waals surface area contributed by atoms with Crippen molar-refractivity contribution in [2.45, 2.75) is 12.0 Å². The molecule has 11 heteroatoms. The van der Waals surface area contributed by atoms with Gasteiger partial charge in [-0.1, -0.05) is 23.5 Å². The summed E-state index contributed by atoms with van der Waals surface area (Å²) in [4.78, 5) is 30.2. The molecule has 0 aliphatic heterocycles. The second-order valence-corrected chi connectivity index (χ2v) is 7.84. The number of carbonyl (C=O) groups excluding carboxylic acids is 2. The number of fused-ring (bicyclic) bond motifs is 1. The van der Waals surface area contributed by atoms with Crippen molar-refractivity contribution in [3.05, 3.63) is 42.2 Å². The van der Waals surface area contributed by atoms with Crippen LogP contribution in [0.5, 0.6) is 0 Å². The van der Waals surface area contributed by atoms with Crippen LogP contribution in [0.25, 0.3) is 10.2 Å². The quantitative estimate of drug-likeness (QED) is 0.613. The summed E-state index contributed by atoms with van der Waals surface area (Å²) in [6, 6.07) is 9.61. The third-order valence-corrected chi connectivity index (χ3v) is 5.36. The van der Waals surface area contributed by atoms with E-state index in [4.69, 9.17) is 14.3 Å². The number of likely N-dealkylation sites (N-methyl/N-ethyl adjacent to an activating group) is 1. The summed E-state index contributed by atoms with van der Waals surface area (Å²) in [5.41, 5.74) is 0.770. The molecule has 0 saturated heterocycles. The lowest BCUT2D eigenvalue weighted by atomic mass is 10.3. The molecular weight excluding hydrogens is 394 g/mol. The molecule has 1 amide bonds. The van der Waals surface area contributed by atoms with Crippen molar-refractivity contribution in [3.8, 4) is 0 Å². The number of primary sulfonamides is 1. The topological polar surface area (TPSA) is 133 Å². The van der Waals surface area contributed by atoms with Crippen molar-refractivity contribution in [2.75, 3.05) is 18.1 Å². The van der Waals surface area contributed by atoms with Gasteiger partial charge in [-0.3, -0.25) is 9.69 Å². The smallest absolute Gasteiger partial charge is 0.374 e. The van der Waals surface area contributed by atoms with Gasteiger partial charge in [0.15, 0.2) is 11.7 Å². The first-order valence-electron chi connectivity index (χ1n) is 7.75. The Hall–Kier alpha value is -2.76. The van der Waals surface area contributed by atoms with Crippen LogP contribution in [0.4, 0.5) is 5.13 Å². The number of aromatic nitrogens is 1. The van der Waals surface area contributed by atoms with E-state index >= 15 is 0 Å². The molecule has 2 aromatic heterocycles. The Kier molecular flexibility index (Phi) is 5.26. The van der Waals surface area contributed by atoms with Crippen LogP contribution in [-0.4, -0.2) is 38.4 Å². The number of benzene rings is 1. The molecule has 27 heavy (non-hydrogen) atoms. The summed E-state index contributed by atoms with van der Waals surface area (Å²) in [7, 11) is -4.07. The van der Waals surface area contributed by atoms with E-state index in [1.807, 2.05) is 24.3 Å². The highest BCUT2D eigenvalue weighted by molar-refractivity contribution is 7.89. The molecule has 3 aromatic rings. The van der Waals surface area contributed by atoms with Gasteiger partial charge in [0.2, 0.25) is 10.9 Å². The number of rotatable bonds is 6. The fourth-order valence-corrected chi connectivity index (χ4v) is 3.76. The minimum atomic E-state index is -4.07. The fraction of sp³-hybridized carbons (Fsp3) is 0.188. The summed E-state index contributed by atoms with van der Waals surface area (Å²) in [6.45, 7) is 1.57. The van der Waals surface area contributed by atoms with Crippen LogP contribution in [0.1, 0.15) is 17.5 Å². The van der Waals surface area contributed by atoms with Crippen LogP contribution in [0.3, 0.4) is 0 Å². The number of thiazole rings is 1. The van der Waals surface area contributed by atoms with Crippen molar-refractivity contribution in [3.63, 3.8) is 0 Å². The van der Waals surface area contributed by atoms with E-state index in [9.17, 15) is 18.0 Å². The molecule has 2 heterocycles.